The molecule has 7 heteroatoms. The van der Waals surface area contributed by atoms with E-state index in [1.54, 1.807) is 24.3 Å². The van der Waals surface area contributed by atoms with Gasteiger partial charge in [0, 0.05) is 11.6 Å². The molecular formula is C21H23Cl2NO4. The summed E-state index contributed by atoms with van der Waals surface area (Å²) in [4.78, 5) is 12.8. The number of ether oxygens (including phenoxy) is 1. The Kier molecular flexibility index (Phi) is 6.57. The lowest BCUT2D eigenvalue weighted by Crippen LogP contribution is -2.46. The summed E-state index contributed by atoms with van der Waals surface area (Å²) in [5.74, 6) is -0.0831. The van der Waals surface area contributed by atoms with Gasteiger partial charge in [0.2, 0.25) is 0 Å². The average Bonchev–Trinajstić information content (AvgIpc) is 2.67. The van der Waals surface area contributed by atoms with E-state index in [9.17, 15) is 15.0 Å². The maximum atomic E-state index is 12.8. The van der Waals surface area contributed by atoms with E-state index in [0.717, 1.165) is 17.5 Å². The summed E-state index contributed by atoms with van der Waals surface area (Å²) < 4.78 is 5.88. The number of nitrogens with one attached hydrogen (secondary N) is 1. The molecule has 2 unspecified atom stereocenters. The summed E-state index contributed by atoms with van der Waals surface area (Å²) in [6.07, 6.45) is 2.43. The number of carbonyl (C=O) groups excluding carboxylic acids is 1. The Balaban J connectivity index is 1.70. The van der Waals surface area contributed by atoms with Crippen LogP contribution in [0.2, 0.25) is 10.0 Å². The summed E-state index contributed by atoms with van der Waals surface area (Å²) in [6, 6.07) is 8.24. The van der Waals surface area contributed by atoms with E-state index < -0.39 is 6.10 Å². The topological polar surface area (TPSA) is 78.8 Å². The second kappa shape index (κ2) is 8.93. The van der Waals surface area contributed by atoms with Crippen molar-refractivity contribution in [1.82, 2.24) is 5.32 Å². The molecule has 3 rings (SSSR count). The highest BCUT2D eigenvalue weighted by molar-refractivity contribution is 6.37. The number of para-hydroxylation sites is 1. The molecule has 2 atom stereocenters. The molecule has 28 heavy (non-hydrogen) atoms. The van der Waals surface area contributed by atoms with Gasteiger partial charge < -0.3 is 20.3 Å². The van der Waals surface area contributed by atoms with Crippen LogP contribution in [0.5, 0.6) is 17.2 Å². The van der Waals surface area contributed by atoms with Crippen LogP contribution < -0.4 is 10.1 Å². The van der Waals surface area contributed by atoms with Gasteiger partial charge in [0.25, 0.3) is 5.91 Å². The highest BCUT2D eigenvalue weighted by Gasteiger charge is 2.28. The molecule has 5 nitrogen and oxygen atoms in total. The fourth-order valence-corrected chi connectivity index (χ4v) is 3.97. The van der Waals surface area contributed by atoms with Crippen molar-refractivity contribution in [3.8, 4) is 17.2 Å². The van der Waals surface area contributed by atoms with Gasteiger partial charge in [-0.15, -0.1) is 0 Å². The fourth-order valence-electron chi connectivity index (χ4n) is 3.48. The molecule has 0 heterocycles. The van der Waals surface area contributed by atoms with Gasteiger partial charge in [0.05, 0.1) is 10.0 Å². The first kappa shape index (κ1) is 20.6. The molecule has 2 aromatic rings. The second-order valence-corrected chi connectivity index (χ2v) is 7.78. The first-order valence-electron chi connectivity index (χ1n) is 9.34. The first-order chi connectivity index (χ1) is 13.4. The van der Waals surface area contributed by atoms with Crippen LogP contribution in [-0.2, 0) is 17.6 Å². The molecule has 1 aliphatic carbocycles. The lowest BCUT2D eigenvalue weighted by molar-refractivity contribution is -0.129. The third kappa shape index (κ3) is 4.47. The molecule has 0 bridgehead atoms. The third-order valence-corrected chi connectivity index (χ3v) is 5.53. The highest BCUT2D eigenvalue weighted by Crippen LogP contribution is 2.36. The normalized spacial score (nSPS) is 16.9. The third-order valence-electron chi connectivity index (χ3n) is 4.94. The van der Waals surface area contributed by atoms with E-state index in [4.69, 9.17) is 27.9 Å². The molecule has 0 radical (unpaired) electrons. The number of halogens is 2. The molecule has 1 amide bonds. The molecule has 0 saturated heterocycles. The van der Waals surface area contributed by atoms with Crippen LogP contribution >= 0.6 is 23.2 Å². The predicted octanol–water partition coefficient (Wildman–Crippen LogP) is 4.63. The number of hydrogen-bond donors (Lipinski definition) is 3. The Labute approximate surface area is 174 Å². The van der Waals surface area contributed by atoms with Crippen LogP contribution in [-0.4, -0.2) is 28.3 Å². The van der Waals surface area contributed by atoms with Gasteiger partial charge in [-0.1, -0.05) is 48.7 Å². The Hall–Kier alpha value is -2.11. The summed E-state index contributed by atoms with van der Waals surface area (Å²) in [5.41, 5.74) is 1.67. The van der Waals surface area contributed by atoms with E-state index in [2.05, 4.69) is 5.32 Å². The van der Waals surface area contributed by atoms with E-state index in [0.29, 0.717) is 41.5 Å². The molecular weight excluding hydrogens is 401 g/mol. The van der Waals surface area contributed by atoms with Gasteiger partial charge in [-0.25, -0.2) is 0 Å². The summed E-state index contributed by atoms with van der Waals surface area (Å²) >= 11 is 12.3. The van der Waals surface area contributed by atoms with Crippen molar-refractivity contribution in [3.05, 3.63) is 51.5 Å². The van der Waals surface area contributed by atoms with Crippen molar-refractivity contribution < 1.29 is 19.7 Å². The summed E-state index contributed by atoms with van der Waals surface area (Å²) in [7, 11) is 0. The van der Waals surface area contributed by atoms with Gasteiger partial charge in [-0.05, 0) is 49.4 Å². The van der Waals surface area contributed by atoms with Crippen LogP contribution in [0.25, 0.3) is 0 Å². The first-order valence-corrected chi connectivity index (χ1v) is 10.1. The van der Waals surface area contributed by atoms with Crippen molar-refractivity contribution in [2.24, 2.45) is 0 Å². The Morgan fingerprint density at radius 3 is 2.64 bits per heavy atom. The van der Waals surface area contributed by atoms with Gasteiger partial charge in [-0.3, -0.25) is 4.79 Å². The number of rotatable bonds is 6. The van der Waals surface area contributed by atoms with Crippen molar-refractivity contribution in [1.29, 1.82) is 0 Å². The van der Waals surface area contributed by atoms with Crippen LogP contribution in [0, 0.1) is 0 Å². The van der Waals surface area contributed by atoms with Gasteiger partial charge >= 0.3 is 0 Å². The minimum absolute atomic E-state index is 0.0668. The van der Waals surface area contributed by atoms with Crippen molar-refractivity contribution in [3.63, 3.8) is 0 Å². The van der Waals surface area contributed by atoms with Crippen molar-refractivity contribution in [2.45, 2.75) is 51.2 Å². The number of phenolic OH excluding ortho intramolecular Hbond substituents is 2. The second-order valence-electron chi connectivity index (χ2n) is 6.97. The molecule has 0 fully saturated rings. The quantitative estimate of drug-likeness (QED) is 0.591. The van der Waals surface area contributed by atoms with E-state index in [-0.39, 0.29) is 23.4 Å². The average molecular weight is 424 g/mol. The van der Waals surface area contributed by atoms with Gasteiger partial charge in [0.1, 0.15) is 0 Å². The lowest BCUT2D eigenvalue weighted by Gasteiger charge is -2.28. The van der Waals surface area contributed by atoms with Gasteiger partial charge in [-0.2, -0.15) is 0 Å². The van der Waals surface area contributed by atoms with E-state index in [1.807, 2.05) is 6.92 Å². The molecule has 2 aromatic carbocycles. The van der Waals surface area contributed by atoms with Crippen LogP contribution in [0.3, 0.4) is 0 Å². The summed E-state index contributed by atoms with van der Waals surface area (Å²) in [5, 5.41) is 23.4. The monoisotopic (exact) mass is 423 g/mol. The van der Waals surface area contributed by atoms with Crippen molar-refractivity contribution in [2.75, 3.05) is 0 Å². The van der Waals surface area contributed by atoms with Crippen LogP contribution in [0.4, 0.5) is 0 Å². The number of carbonyl (C=O) groups is 1. The number of aromatic hydroxyl groups is 2. The highest BCUT2D eigenvalue weighted by atomic mass is 35.5. The van der Waals surface area contributed by atoms with E-state index in [1.165, 1.54) is 6.07 Å². The maximum absolute atomic E-state index is 12.8. The van der Waals surface area contributed by atoms with Crippen LogP contribution in [0.1, 0.15) is 37.3 Å². The zero-order chi connectivity index (χ0) is 20.3. The largest absolute Gasteiger partial charge is 0.504 e. The summed E-state index contributed by atoms with van der Waals surface area (Å²) in [6.45, 7) is 1.98. The molecule has 0 aliphatic heterocycles. The smallest absolute Gasteiger partial charge is 0.261 e. The zero-order valence-corrected chi connectivity index (χ0v) is 17.1. The van der Waals surface area contributed by atoms with Gasteiger partial charge in [0.15, 0.2) is 23.4 Å². The molecule has 1 aliphatic rings. The standard InChI is InChI=1S/C21H23Cl2NO4/c1-2-4-18(28-20-15(22)5-3-6-16(20)23)21(27)24-13-8-9-14-12(11-13)7-10-17(25)19(14)26/h3,5-7,10,13,18,25-26H,2,4,8-9,11H2,1H3,(H,24,27). The molecule has 0 aromatic heterocycles. The molecule has 0 spiro atoms. The Morgan fingerprint density at radius 2 is 1.96 bits per heavy atom. The Bertz CT molecular complexity index is 851. The molecule has 0 saturated carbocycles. The molecule has 3 N–H and O–H groups in total. The zero-order valence-electron chi connectivity index (χ0n) is 15.5. The number of amides is 1. The SMILES string of the molecule is CCCC(Oc1c(Cl)cccc1Cl)C(=O)NC1CCc2c(ccc(O)c2O)C1. The van der Waals surface area contributed by atoms with E-state index >= 15 is 0 Å². The maximum Gasteiger partial charge on any atom is 0.261 e. The van der Waals surface area contributed by atoms with Crippen molar-refractivity contribution >= 4 is 29.1 Å². The fraction of sp³-hybridized carbons (Fsp3) is 0.381. The number of fused-ring (bicyclic) bond motifs is 1. The predicted molar refractivity (Wildman–Crippen MR) is 110 cm³/mol. The Morgan fingerprint density at radius 1 is 1.25 bits per heavy atom. The molecule has 150 valence electrons. The number of phenols is 2. The van der Waals surface area contributed by atoms with Crippen LogP contribution in [0.15, 0.2) is 30.3 Å². The number of benzene rings is 2. The number of hydrogen-bond acceptors (Lipinski definition) is 4. The minimum atomic E-state index is -0.697. The lowest BCUT2D eigenvalue weighted by atomic mass is 9.87. The minimum Gasteiger partial charge on any atom is -0.504 e.